The van der Waals surface area contributed by atoms with E-state index in [0.29, 0.717) is 8.42 Å². The molecular formula is C7H20N3O2P3. The first kappa shape index (κ1) is 15.6. The molecule has 0 bridgehead atoms. The van der Waals surface area contributed by atoms with Crippen molar-refractivity contribution < 1.29 is 9.63 Å². The Bertz CT molecular complexity index is 185. The number of carbonyl (C=O) groups is 1. The molecule has 0 saturated carbocycles. The molecule has 0 radical (unpaired) electrons. The van der Waals surface area contributed by atoms with Gasteiger partial charge in [-0.15, -0.1) is 0 Å². The van der Waals surface area contributed by atoms with Gasteiger partial charge in [0.2, 0.25) is 0 Å². The number of likely N-dealkylation sites (N-methyl/N-ethyl adjacent to an activating group) is 1. The van der Waals surface area contributed by atoms with Gasteiger partial charge in [-0.1, -0.05) is 18.3 Å². The molecule has 0 aromatic carbocycles. The molecule has 5 nitrogen and oxygen atoms in total. The molecule has 3 unspecified atom stereocenters. The van der Waals surface area contributed by atoms with E-state index in [0.717, 1.165) is 19.4 Å². The zero-order valence-electron chi connectivity index (χ0n) is 9.12. The third-order valence-corrected chi connectivity index (χ3v) is 3.45. The minimum atomic E-state index is -0.199. The van der Waals surface area contributed by atoms with E-state index in [1.165, 1.54) is 12.2 Å². The minimum absolute atomic E-state index is 0.0548. The van der Waals surface area contributed by atoms with Crippen molar-refractivity contribution in [2.45, 2.75) is 18.9 Å². The van der Waals surface area contributed by atoms with Crippen molar-refractivity contribution in [2.75, 3.05) is 20.7 Å². The zero-order chi connectivity index (χ0) is 11.7. The molecule has 8 heteroatoms. The number of rotatable bonds is 8. The van der Waals surface area contributed by atoms with Crippen molar-refractivity contribution in [3.05, 3.63) is 0 Å². The van der Waals surface area contributed by atoms with Gasteiger partial charge >= 0.3 is 0 Å². The lowest BCUT2D eigenvalue weighted by Crippen LogP contribution is -2.41. The predicted molar refractivity (Wildman–Crippen MR) is 71.7 cm³/mol. The van der Waals surface area contributed by atoms with Gasteiger partial charge < -0.3 is 0 Å². The molecule has 0 spiro atoms. The number of hydrogen-bond donors (Lipinski definition) is 2. The van der Waals surface area contributed by atoms with E-state index >= 15 is 0 Å². The number of hydrogen-bond acceptors (Lipinski definition) is 4. The lowest BCUT2D eigenvalue weighted by molar-refractivity contribution is -0.170. The van der Waals surface area contributed by atoms with Crippen molar-refractivity contribution in [1.29, 1.82) is 0 Å². The smallest absolute Gasteiger partial charge is 0.263 e. The van der Waals surface area contributed by atoms with E-state index in [4.69, 9.17) is 4.84 Å². The van der Waals surface area contributed by atoms with Gasteiger partial charge in [-0.3, -0.25) is 19.8 Å². The second-order valence-corrected chi connectivity index (χ2v) is 4.79. The normalized spacial score (nSPS) is 13.3. The van der Waals surface area contributed by atoms with Crippen LogP contribution in [-0.2, 0) is 9.63 Å². The molecular weight excluding hydrogens is 251 g/mol. The summed E-state index contributed by atoms with van der Waals surface area (Å²) in [6, 6.07) is -0.199. The third-order valence-electron chi connectivity index (χ3n) is 1.98. The third kappa shape index (κ3) is 6.73. The van der Waals surface area contributed by atoms with E-state index in [9.17, 15) is 4.79 Å². The minimum Gasteiger partial charge on any atom is -0.295 e. The number of carbonyl (C=O) groups excluding carboxylic acids is 1. The zero-order valence-corrected chi connectivity index (χ0v) is 12.4. The first-order valence-corrected chi connectivity index (χ1v) is 8.02. The van der Waals surface area contributed by atoms with E-state index in [1.807, 2.05) is 0 Å². The second kappa shape index (κ2) is 9.84. The number of hydroxylamine groups is 2. The van der Waals surface area contributed by atoms with E-state index in [-0.39, 0.29) is 11.9 Å². The summed E-state index contributed by atoms with van der Waals surface area (Å²) in [4.78, 5) is 16.5. The monoisotopic (exact) mass is 271 g/mol. The Hall–Kier alpha value is 0.640. The molecule has 0 fully saturated rings. The van der Waals surface area contributed by atoms with Crippen LogP contribution >= 0.6 is 26.7 Å². The Morgan fingerprint density at radius 3 is 2.80 bits per heavy atom. The Kier molecular flexibility index (Phi) is 10.3. The molecule has 0 heterocycles. The number of nitrogens with one attached hydrogen (secondary N) is 2. The van der Waals surface area contributed by atoms with Crippen molar-refractivity contribution in [2.24, 2.45) is 0 Å². The largest absolute Gasteiger partial charge is 0.295 e. The standard InChI is InChI=1S/C7H20N3O2P3/c1-10(12-2)7(11)6(9-13)4-3-5-8-15-14/h6,8-9,15H,3-5,13-14H2,1-2H3/t6-/m0/s1. The van der Waals surface area contributed by atoms with Gasteiger partial charge in [0, 0.05) is 7.05 Å². The van der Waals surface area contributed by atoms with Gasteiger partial charge in [0.25, 0.3) is 5.91 Å². The summed E-state index contributed by atoms with van der Waals surface area (Å²) in [6.07, 6.45) is 1.74. The topological polar surface area (TPSA) is 53.6 Å². The molecule has 0 aromatic rings. The van der Waals surface area contributed by atoms with Crippen LogP contribution in [-0.4, -0.2) is 37.7 Å². The lowest BCUT2D eigenvalue weighted by Gasteiger charge is -2.21. The molecule has 4 atom stereocenters. The summed E-state index contributed by atoms with van der Waals surface area (Å²) in [5.41, 5.74) is 0. The summed E-state index contributed by atoms with van der Waals surface area (Å²) < 4.78 is 0. The second-order valence-electron chi connectivity index (χ2n) is 2.95. The van der Waals surface area contributed by atoms with Crippen LogP contribution in [0, 0.1) is 0 Å². The van der Waals surface area contributed by atoms with Crippen LogP contribution in [0.1, 0.15) is 12.8 Å². The SMILES string of the molecule is CON(C)C(=O)[C@H](CCCNPP)NP. The fourth-order valence-electron chi connectivity index (χ4n) is 1.05. The first-order valence-electron chi connectivity index (χ1n) is 4.63. The van der Waals surface area contributed by atoms with Crippen molar-refractivity contribution in [3.8, 4) is 0 Å². The molecule has 0 aliphatic heterocycles. The van der Waals surface area contributed by atoms with Crippen LogP contribution in [0.25, 0.3) is 0 Å². The average molecular weight is 271 g/mol. The molecule has 0 aliphatic rings. The Labute approximate surface area is 97.6 Å². The maximum absolute atomic E-state index is 11.7. The van der Waals surface area contributed by atoms with Gasteiger partial charge in [0.1, 0.15) is 0 Å². The molecule has 90 valence electrons. The van der Waals surface area contributed by atoms with Gasteiger partial charge in [-0.2, -0.15) is 0 Å². The average Bonchev–Trinajstić information content (AvgIpc) is 2.27. The Morgan fingerprint density at radius 2 is 2.33 bits per heavy atom. The van der Waals surface area contributed by atoms with Gasteiger partial charge in [0.15, 0.2) is 0 Å². The fraction of sp³-hybridized carbons (Fsp3) is 0.857. The predicted octanol–water partition coefficient (Wildman–Crippen LogP) is 0.508. The van der Waals surface area contributed by atoms with Crippen molar-refractivity contribution in [3.63, 3.8) is 0 Å². The van der Waals surface area contributed by atoms with Gasteiger partial charge in [-0.05, 0) is 27.8 Å². The highest BCUT2D eigenvalue weighted by molar-refractivity contribution is 8.01. The quantitative estimate of drug-likeness (QED) is 0.384. The van der Waals surface area contributed by atoms with Crippen LogP contribution in [0.5, 0.6) is 0 Å². The lowest BCUT2D eigenvalue weighted by atomic mass is 10.1. The summed E-state index contributed by atoms with van der Waals surface area (Å²) in [5, 5.41) is 7.36. The van der Waals surface area contributed by atoms with Crippen LogP contribution < -0.4 is 10.2 Å². The molecule has 2 N–H and O–H groups in total. The fourth-order valence-corrected chi connectivity index (χ4v) is 2.12. The molecule has 0 aliphatic carbocycles. The molecule has 15 heavy (non-hydrogen) atoms. The van der Waals surface area contributed by atoms with Crippen LogP contribution in [0.2, 0.25) is 0 Å². The van der Waals surface area contributed by atoms with E-state index < -0.39 is 0 Å². The highest BCUT2D eigenvalue weighted by atomic mass is 32.0. The molecule has 0 saturated heterocycles. The van der Waals surface area contributed by atoms with Crippen LogP contribution in [0.15, 0.2) is 0 Å². The maximum atomic E-state index is 11.7. The van der Waals surface area contributed by atoms with E-state index in [1.54, 1.807) is 7.05 Å². The number of nitrogens with zero attached hydrogens (tertiary/aromatic N) is 1. The molecule has 1 amide bonds. The number of amides is 1. The maximum Gasteiger partial charge on any atom is 0.263 e. The molecule has 0 rings (SSSR count). The van der Waals surface area contributed by atoms with Gasteiger partial charge in [-0.25, -0.2) is 5.06 Å². The summed E-state index contributed by atoms with van der Waals surface area (Å²) >= 11 is 0. The molecule has 0 aromatic heterocycles. The van der Waals surface area contributed by atoms with Crippen molar-refractivity contribution in [1.82, 2.24) is 15.2 Å². The van der Waals surface area contributed by atoms with Crippen LogP contribution in [0.4, 0.5) is 0 Å². The van der Waals surface area contributed by atoms with Crippen LogP contribution in [0.3, 0.4) is 0 Å². The van der Waals surface area contributed by atoms with E-state index in [2.05, 4.69) is 28.5 Å². The first-order chi connectivity index (χ1) is 7.17. The highest BCUT2D eigenvalue weighted by Crippen LogP contribution is 2.13. The summed E-state index contributed by atoms with van der Waals surface area (Å²) in [5.74, 6) is -0.0548. The highest BCUT2D eigenvalue weighted by Gasteiger charge is 2.19. The van der Waals surface area contributed by atoms with Crippen molar-refractivity contribution >= 4 is 32.6 Å². The summed E-state index contributed by atoms with van der Waals surface area (Å²) in [6.45, 7) is 0.925. The van der Waals surface area contributed by atoms with Gasteiger partial charge in [0.05, 0.1) is 13.2 Å². The summed E-state index contributed by atoms with van der Waals surface area (Å²) in [7, 11) is 8.77. The Balaban J connectivity index is 3.85. The Morgan fingerprint density at radius 1 is 1.67 bits per heavy atom.